The first-order valence-electron chi connectivity index (χ1n) is 26.8. The number of benzene rings is 3. The van der Waals surface area contributed by atoms with E-state index in [2.05, 4.69) is 135 Å². The van der Waals surface area contributed by atoms with Crippen LogP contribution in [0.15, 0.2) is 72.8 Å². The molecule has 0 saturated heterocycles. The van der Waals surface area contributed by atoms with Crippen molar-refractivity contribution in [2.45, 2.75) is 150 Å². The highest BCUT2D eigenvalue weighted by atomic mass is 35.6. The molecule has 3 fully saturated rings. The second-order valence-corrected chi connectivity index (χ2v) is 24.0. The zero-order chi connectivity index (χ0) is 52.1. The number of halogens is 3. The SMILES string of the molecule is CC(C)[C@@H]1CC[C@@H](C)C[C@@H]1Oc1ccc(-c2nnc3n2c2nnc(-c4ccc(O[C@H]5C[C@H](C)CC[C@H]5C(C)C)cc4)n2c2nnc(-c4ccc(O[C@H]5C[C@H](C)CC[C@H]5C(C)C)cc4)n32)cc1.CCO.ClC(Cl)Cl. The molecule has 3 aliphatic carbocycles. The Hall–Kier alpha value is -4.69. The highest BCUT2D eigenvalue weighted by molar-refractivity contribution is 6.63. The maximum atomic E-state index is 7.57. The molecule has 1 N–H and O–H groups in total. The van der Waals surface area contributed by atoms with Gasteiger partial charge in [-0.15, -0.1) is 30.6 Å². The Morgan fingerprint density at radius 1 is 0.452 bits per heavy atom. The largest absolute Gasteiger partial charge is 0.490 e. The van der Waals surface area contributed by atoms with Crippen molar-refractivity contribution in [1.82, 2.24) is 43.8 Å². The molecule has 3 aromatic carbocycles. The molecule has 4 heterocycles. The van der Waals surface area contributed by atoms with E-state index in [4.69, 9.17) is 84.7 Å². The standard InChI is InChI=1S/C54H69N9O3.C2H6O.CHCl3/c1-31(2)43-25-10-34(7)28-46(43)64-40-19-13-37(14-20-40)49-55-58-52-61(49)53-59-56-50(38-15-21-41(22-16-38)65-47-29-35(8)11-26-44(47)32(3)4)63(53)54-60-57-51(62(52)54)39-17-23-42(24-18-39)66-48-30-36(9)12-27-45(48)33(5)6;1-2-3;2-1(3)4/h13-24,31-36,43-48H,10-12,25-30H2,1-9H3;3H,2H2,1H3;1H/t34-,35-,36-,43+,44+,45+,46+,47+,48+;;/m1../s1. The molecular weight excluding hydrogens is 981 g/mol. The number of hydrogen-bond donors (Lipinski definition) is 1. The lowest BCUT2D eigenvalue weighted by molar-refractivity contribution is 0.0458. The molecule has 0 bridgehead atoms. The van der Waals surface area contributed by atoms with E-state index in [0.717, 1.165) is 53.2 Å². The summed E-state index contributed by atoms with van der Waals surface area (Å²) in [5.74, 6) is 11.4. The lowest BCUT2D eigenvalue weighted by atomic mass is 9.75. The van der Waals surface area contributed by atoms with Crippen molar-refractivity contribution in [1.29, 1.82) is 0 Å². The van der Waals surface area contributed by atoms with Gasteiger partial charge in [-0.3, -0.25) is 0 Å². The Morgan fingerprint density at radius 3 is 0.904 bits per heavy atom. The molecule has 4 aromatic heterocycles. The van der Waals surface area contributed by atoms with Gasteiger partial charge in [-0.1, -0.05) is 116 Å². The maximum absolute atomic E-state index is 7.57. The maximum Gasteiger partial charge on any atom is 0.247 e. The van der Waals surface area contributed by atoms with Crippen LogP contribution < -0.4 is 14.2 Å². The average molecular weight is 1060 g/mol. The van der Waals surface area contributed by atoms with Crippen LogP contribution in [-0.2, 0) is 0 Å². The van der Waals surface area contributed by atoms with Crippen LogP contribution in [0.1, 0.15) is 127 Å². The highest BCUT2D eigenvalue weighted by Gasteiger charge is 2.35. The second kappa shape index (κ2) is 24.3. The zero-order valence-corrected chi connectivity index (χ0v) is 46.6. The Kier molecular flexibility index (Phi) is 18.2. The summed E-state index contributed by atoms with van der Waals surface area (Å²) in [6.45, 7) is 22.9. The van der Waals surface area contributed by atoms with Gasteiger partial charge in [0.25, 0.3) is 0 Å². The van der Waals surface area contributed by atoms with Gasteiger partial charge in [0.1, 0.15) is 35.6 Å². The van der Waals surface area contributed by atoms with Crippen LogP contribution in [0.3, 0.4) is 0 Å². The number of aliphatic hydroxyl groups excluding tert-OH is 1. The fraction of sp³-hybridized carbons (Fsp3) is 0.579. The minimum absolute atomic E-state index is 0.199. The summed E-state index contributed by atoms with van der Waals surface area (Å²) in [5.41, 5.74) is 2.64. The topological polar surface area (TPSA) is 138 Å². The molecule has 0 spiro atoms. The first kappa shape index (κ1) is 54.6. The predicted octanol–water partition coefficient (Wildman–Crippen LogP) is 14.3. The molecule has 0 radical (unpaired) electrons. The predicted molar refractivity (Wildman–Crippen MR) is 294 cm³/mol. The van der Waals surface area contributed by atoms with E-state index in [1.54, 1.807) is 6.92 Å². The highest BCUT2D eigenvalue weighted by Crippen LogP contribution is 2.40. The summed E-state index contributed by atoms with van der Waals surface area (Å²) >= 11 is 14.4. The summed E-state index contributed by atoms with van der Waals surface area (Å²) < 4.78 is 25.3. The Labute approximate surface area is 446 Å². The number of aromatic nitrogens is 9. The van der Waals surface area contributed by atoms with Crippen molar-refractivity contribution in [2.24, 2.45) is 53.3 Å². The number of alkyl halides is 3. The van der Waals surface area contributed by atoms with Gasteiger partial charge in [-0.25, -0.2) is 13.2 Å². The molecule has 10 rings (SSSR count). The van der Waals surface area contributed by atoms with E-state index < -0.39 is 4.30 Å². The summed E-state index contributed by atoms with van der Waals surface area (Å²) in [6.07, 6.45) is 11.2. The third kappa shape index (κ3) is 12.5. The van der Waals surface area contributed by atoms with Crippen LogP contribution >= 0.6 is 34.8 Å². The van der Waals surface area contributed by atoms with Crippen LogP contribution in [0, 0.1) is 53.3 Å². The molecule has 73 heavy (non-hydrogen) atoms. The third-order valence-electron chi connectivity index (χ3n) is 15.6. The Balaban J connectivity index is 0.000000959. The summed E-state index contributed by atoms with van der Waals surface area (Å²) in [6, 6.07) is 24.8. The number of fused-ring (bicyclic) bond motifs is 6. The normalized spacial score (nSPS) is 24.5. The van der Waals surface area contributed by atoms with E-state index in [1.165, 1.54) is 38.5 Å². The van der Waals surface area contributed by atoms with Crippen LogP contribution in [0.5, 0.6) is 17.2 Å². The van der Waals surface area contributed by atoms with Crippen molar-refractivity contribution >= 4 is 52.1 Å². The van der Waals surface area contributed by atoms with Crippen molar-refractivity contribution in [3.63, 3.8) is 0 Å². The molecule has 3 aliphatic rings. The van der Waals surface area contributed by atoms with Crippen molar-refractivity contribution in [2.75, 3.05) is 6.61 Å². The first-order valence-corrected chi connectivity index (χ1v) is 28.1. The molecule has 3 saturated carbocycles. The van der Waals surface area contributed by atoms with Gasteiger partial charge < -0.3 is 19.3 Å². The summed E-state index contributed by atoms with van der Waals surface area (Å²) in [4.78, 5) is 0. The van der Waals surface area contributed by atoms with Gasteiger partial charge in [0, 0.05) is 23.3 Å². The minimum Gasteiger partial charge on any atom is -0.490 e. The van der Waals surface area contributed by atoms with Gasteiger partial charge in [0.2, 0.25) is 17.3 Å². The number of aliphatic hydroxyl groups is 1. The lowest BCUT2D eigenvalue weighted by Crippen LogP contribution is -2.36. The number of nitrogens with zero attached hydrogens (tertiary/aromatic N) is 9. The quantitative estimate of drug-likeness (QED) is 0.118. The molecule has 13 nitrogen and oxygen atoms in total. The van der Waals surface area contributed by atoms with Gasteiger partial charge in [-0.05, 0) is 172 Å². The molecule has 9 atom stereocenters. The van der Waals surface area contributed by atoms with Crippen LogP contribution in [0.2, 0.25) is 0 Å². The van der Waals surface area contributed by atoms with Gasteiger partial charge >= 0.3 is 0 Å². The molecular formula is C57H76Cl3N9O4. The molecule has 16 heteroatoms. The monoisotopic (exact) mass is 1060 g/mol. The zero-order valence-electron chi connectivity index (χ0n) is 44.3. The van der Waals surface area contributed by atoms with Crippen molar-refractivity contribution < 1.29 is 19.3 Å². The minimum atomic E-state index is -0.750. The van der Waals surface area contributed by atoms with E-state index in [-0.39, 0.29) is 24.9 Å². The lowest BCUT2D eigenvalue weighted by Gasteiger charge is -2.37. The van der Waals surface area contributed by atoms with E-state index >= 15 is 0 Å². The molecule has 0 amide bonds. The van der Waals surface area contributed by atoms with E-state index in [0.29, 0.717) is 88.1 Å². The first-order chi connectivity index (χ1) is 35.0. The Bertz CT molecular complexity index is 2510. The van der Waals surface area contributed by atoms with Crippen LogP contribution in [0.25, 0.3) is 51.5 Å². The smallest absolute Gasteiger partial charge is 0.247 e. The molecule has 0 unspecified atom stereocenters. The van der Waals surface area contributed by atoms with Crippen LogP contribution in [0.4, 0.5) is 0 Å². The number of hydrogen-bond acceptors (Lipinski definition) is 10. The van der Waals surface area contributed by atoms with Crippen LogP contribution in [-0.4, -0.2) is 78.1 Å². The number of ether oxygens (including phenoxy) is 3. The van der Waals surface area contributed by atoms with E-state index in [9.17, 15) is 0 Å². The second-order valence-electron chi connectivity index (χ2n) is 22.1. The number of rotatable bonds is 12. The van der Waals surface area contributed by atoms with Crippen molar-refractivity contribution in [3.8, 4) is 51.4 Å². The van der Waals surface area contributed by atoms with Gasteiger partial charge in [0.15, 0.2) is 21.8 Å². The molecule has 394 valence electrons. The van der Waals surface area contributed by atoms with Gasteiger partial charge in [0.05, 0.1) is 0 Å². The fourth-order valence-electron chi connectivity index (χ4n) is 11.7. The fourth-order valence-corrected chi connectivity index (χ4v) is 11.7. The Morgan fingerprint density at radius 2 is 0.685 bits per heavy atom. The average Bonchev–Trinajstić information content (AvgIpc) is 4.10. The third-order valence-corrected chi connectivity index (χ3v) is 15.6. The summed E-state index contributed by atoms with van der Waals surface area (Å²) in [7, 11) is 0. The van der Waals surface area contributed by atoms with E-state index in [1.807, 2.05) is 13.2 Å². The molecule has 0 aliphatic heterocycles. The molecule has 7 aromatic rings. The van der Waals surface area contributed by atoms with Gasteiger partial charge in [-0.2, -0.15) is 0 Å². The van der Waals surface area contributed by atoms with Crippen molar-refractivity contribution in [3.05, 3.63) is 72.8 Å². The summed E-state index contributed by atoms with van der Waals surface area (Å²) in [5, 5.41) is 36.5.